The third kappa shape index (κ3) is 3.56. The predicted octanol–water partition coefficient (Wildman–Crippen LogP) is 4.74. The lowest BCUT2D eigenvalue weighted by molar-refractivity contribution is -0.115. The first-order chi connectivity index (χ1) is 13.7. The van der Waals surface area contributed by atoms with Gasteiger partial charge in [0.15, 0.2) is 5.82 Å². The van der Waals surface area contributed by atoms with Crippen LogP contribution in [0.2, 0.25) is 0 Å². The summed E-state index contributed by atoms with van der Waals surface area (Å²) in [5, 5.41) is 13.5. The second kappa shape index (κ2) is 7.72. The van der Waals surface area contributed by atoms with Gasteiger partial charge in [-0.25, -0.2) is 0 Å². The minimum Gasteiger partial charge on any atom is -0.372 e. The zero-order chi connectivity index (χ0) is 19.5. The number of H-pyrrole nitrogens is 1. The first-order valence-corrected chi connectivity index (χ1v) is 9.68. The molecule has 0 aliphatic carbocycles. The van der Waals surface area contributed by atoms with Crippen molar-refractivity contribution in [1.82, 2.24) is 10.2 Å². The number of hydrogen-bond acceptors (Lipinski definition) is 3. The first kappa shape index (κ1) is 18.0. The van der Waals surface area contributed by atoms with Crippen LogP contribution in [0.15, 0.2) is 60.7 Å². The molecule has 4 aromatic rings. The summed E-state index contributed by atoms with van der Waals surface area (Å²) >= 11 is 0. The lowest BCUT2D eigenvalue weighted by atomic mass is 10.0. The molecule has 0 saturated carbocycles. The molecule has 0 saturated heterocycles. The molecule has 0 spiro atoms. The molecule has 0 aliphatic heterocycles. The lowest BCUT2D eigenvalue weighted by Gasteiger charge is -2.20. The SMILES string of the molecule is CCN(CC)c1ccc2[nH]nc(NC(=O)Cc3ccc4ccccc4c3)c2c1. The van der Waals surface area contributed by atoms with Crippen molar-refractivity contribution >= 4 is 39.1 Å². The molecule has 0 unspecified atom stereocenters. The van der Waals surface area contributed by atoms with Crippen molar-refractivity contribution in [3.8, 4) is 0 Å². The Balaban J connectivity index is 1.54. The summed E-state index contributed by atoms with van der Waals surface area (Å²) in [6, 6.07) is 20.5. The summed E-state index contributed by atoms with van der Waals surface area (Å²) in [5.41, 5.74) is 3.03. The monoisotopic (exact) mass is 372 g/mol. The fourth-order valence-corrected chi connectivity index (χ4v) is 3.59. The Kier molecular flexibility index (Phi) is 4.98. The van der Waals surface area contributed by atoms with E-state index in [1.54, 1.807) is 0 Å². The average molecular weight is 372 g/mol. The quantitative estimate of drug-likeness (QED) is 0.514. The van der Waals surface area contributed by atoms with Crippen molar-refractivity contribution in [3.05, 3.63) is 66.2 Å². The van der Waals surface area contributed by atoms with Crippen LogP contribution in [0.1, 0.15) is 19.4 Å². The highest BCUT2D eigenvalue weighted by molar-refractivity contribution is 6.01. The Morgan fingerprint density at radius 1 is 1.00 bits per heavy atom. The predicted molar refractivity (Wildman–Crippen MR) is 116 cm³/mol. The highest BCUT2D eigenvalue weighted by Gasteiger charge is 2.12. The second-order valence-corrected chi connectivity index (χ2v) is 6.88. The van der Waals surface area contributed by atoms with Gasteiger partial charge in [0.2, 0.25) is 5.91 Å². The van der Waals surface area contributed by atoms with E-state index in [0.717, 1.165) is 40.6 Å². The van der Waals surface area contributed by atoms with Crippen molar-refractivity contribution in [2.24, 2.45) is 0 Å². The van der Waals surface area contributed by atoms with E-state index in [-0.39, 0.29) is 5.91 Å². The van der Waals surface area contributed by atoms with Crippen LogP contribution in [0.4, 0.5) is 11.5 Å². The highest BCUT2D eigenvalue weighted by atomic mass is 16.1. The van der Waals surface area contributed by atoms with Gasteiger partial charge in [0.05, 0.1) is 11.9 Å². The number of fused-ring (bicyclic) bond motifs is 2. The molecular weight excluding hydrogens is 348 g/mol. The van der Waals surface area contributed by atoms with Crippen LogP contribution in [0.25, 0.3) is 21.7 Å². The van der Waals surface area contributed by atoms with Crippen LogP contribution in [0.3, 0.4) is 0 Å². The van der Waals surface area contributed by atoms with Gasteiger partial charge < -0.3 is 10.2 Å². The molecule has 4 rings (SSSR count). The number of benzene rings is 3. The normalized spacial score (nSPS) is 11.1. The number of carbonyl (C=O) groups is 1. The molecule has 0 fully saturated rings. The Morgan fingerprint density at radius 3 is 2.57 bits per heavy atom. The summed E-state index contributed by atoms with van der Waals surface area (Å²) in [6.07, 6.45) is 0.314. The van der Waals surface area contributed by atoms with Crippen LogP contribution >= 0.6 is 0 Å². The molecule has 1 aromatic heterocycles. The fourth-order valence-electron chi connectivity index (χ4n) is 3.59. The summed E-state index contributed by atoms with van der Waals surface area (Å²) in [6.45, 7) is 6.14. The van der Waals surface area contributed by atoms with Gasteiger partial charge in [0.25, 0.3) is 0 Å². The maximum atomic E-state index is 12.6. The maximum absolute atomic E-state index is 12.6. The van der Waals surface area contributed by atoms with Gasteiger partial charge in [-0.05, 0) is 48.4 Å². The highest BCUT2D eigenvalue weighted by Crippen LogP contribution is 2.26. The second-order valence-electron chi connectivity index (χ2n) is 6.88. The van der Waals surface area contributed by atoms with Crippen molar-refractivity contribution in [1.29, 1.82) is 0 Å². The Labute approximate surface area is 164 Å². The maximum Gasteiger partial charge on any atom is 0.230 e. The Hall–Kier alpha value is -3.34. The van der Waals surface area contributed by atoms with E-state index in [9.17, 15) is 4.79 Å². The van der Waals surface area contributed by atoms with Gasteiger partial charge in [-0.3, -0.25) is 9.89 Å². The van der Waals surface area contributed by atoms with E-state index in [4.69, 9.17) is 0 Å². The van der Waals surface area contributed by atoms with Gasteiger partial charge >= 0.3 is 0 Å². The third-order valence-corrected chi connectivity index (χ3v) is 5.11. The van der Waals surface area contributed by atoms with Gasteiger partial charge in [-0.1, -0.05) is 42.5 Å². The number of carbonyl (C=O) groups excluding carboxylic acids is 1. The molecule has 2 N–H and O–H groups in total. The molecule has 1 heterocycles. The molecule has 1 amide bonds. The minimum atomic E-state index is -0.0723. The molecular formula is C23H24N4O. The van der Waals surface area contributed by atoms with Crippen molar-refractivity contribution in [2.75, 3.05) is 23.3 Å². The van der Waals surface area contributed by atoms with Gasteiger partial charge in [0, 0.05) is 24.2 Å². The van der Waals surface area contributed by atoms with Gasteiger partial charge in [0.1, 0.15) is 0 Å². The van der Waals surface area contributed by atoms with E-state index >= 15 is 0 Å². The van der Waals surface area contributed by atoms with Crippen LogP contribution < -0.4 is 10.2 Å². The first-order valence-electron chi connectivity index (χ1n) is 9.68. The summed E-state index contributed by atoms with van der Waals surface area (Å²) in [7, 11) is 0. The van der Waals surface area contributed by atoms with Gasteiger partial charge in [-0.2, -0.15) is 5.10 Å². The smallest absolute Gasteiger partial charge is 0.230 e. The number of aromatic amines is 1. The number of amides is 1. The number of aromatic nitrogens is 2. The molecule has 0 aliphatic rings. The van der Waals surface area contributed by atoms with Crippen molar-refractivity contribution in [2.45, 2.75) is 20.3 Å². The number of hydrogen-bond donors (Lipinski definition) is 2. The van der Waals surface area contributed by atoms with Crippen LogP contribution in [0, 0.1) is 0 Å². The van der Waals surface area contributed by atoms with Crippen molar-refractivity contribution in [3.63, 3.8) is 0 Å². The molecule has 3 aromatic carbocycles. The number of anilines is 2. The number of nitrogens with one attached hydrogen (secondary N) is 2. The van der Waals surface area contributed by atoms with Crippen LogP contribution in [-0.4, -0.2) is 29.2 Å². The zero-order valence-corrected chi connectivity index (χ0v) is 16.2. The fraction of sp³-hybridized carbons (Fsp3) is 0.217. The molecule has 5 nitrogen and oxygen atoms in total. The van der Waals surface area contributed by atoms with E-state index in [0.29, 0.717) is 12.2 Å². The van der Waals surface area contributed by atoms with E-state index in [2.05, 4.69) is 70.7 Å². The van der Waals surface area contributed by atoms with Crippen molar-refractivity contribution < 1.29 is 4.79 Å². The molecule has 0 radical (unpaired) electrons. The van der Waals surface area contributed by atoms with Crippen LogP contribution in [0.5, 0.6) is 0 Å². The molecule has 28 heavy (non-hydrogen) atoms. The van der Waals surface area contributed by atoms with Crippen LogP contribution in [-0.2, 0) is 11.2 Å². The Bertz CT molecular complexity index is 1130. The molecule has 142 valence electrons. The largest absolute Gasteiger partial charge is 0.372 e. The zero-order valence-electron chi connectivity index (χ0n) is 16.2. The average Bonchev–Trinajstić information content (AvgIpc) is 3.11. The molecule has 5 heteroatoms. The van der Waals surface area contributed by atoms with E-state index < -0.39 is 0 Å². The summed E-state index contributed by atoms with van der Waals surface area (Å²) in [5.74, 6) is 0.506. The molecule has 0 bridgehead atoms. The van der Waals surface area contributed by atoms with E-state index in [1.165, 1.54) is 5.39 Å². The number of rotatable bonds is 6. The summed E-state index contributed by atoms with van der Waals surface area (Å²) < 4.78 is 0. The van der Waals surface area contributed by atoms with E-state index in [1.807, 2.05) is 24.3 Å². The van der Waals surface area contributed by atoms with Gasteiger partial charge in [-0.15, -0.1) is 0 Å². The lowest BCUT2D eigenvalue weighted by Crippen LogP contribution is -2.21. The minimum absolute atomic E-state index is 0.0723. The standard InChI is InChI=1S/C23H24N4O/c1-3-27(4-2)19-11-12-21-20(15-19)23(26-25-21)24-22(28)14-16-9-10-17-7-5-6-8-18(17)13-16/h5-13,15H,3-4,14H2,1-2H3,(H2,24,25,26,28). The number of nitrogens with zero attached hydrogens (tertiary/aromatic N) is 2. The molecule has 0 atom stereocenters. The third-order valence-electron chi connectivity index (χ3n) is 5.11. The topological polar surface area (TPSA) is 61.0 Å². The Morgan fingerprint density at radius 2 is 1.79 bits per heavy atom. The summed E-state index contributed by atoms with van der Waals surface area (Å²) in [4.78, 5) is 14.9.